The fraction of sp³-hybridized carbons (Fsp3) is 0.0189. The van der Waals surface area contributed by atoms with E-state index in [0.717, 1.165) is 51.0 Å². The summed E-state index contributed by atoms with van der Waals surface area (Å²) in [6.07, 6.45) is 7.55. The molecule has 0 saturated carbocycles. The van der Waals surface area contributed by atoms with Crippen molar-refractivity contribution in [3.63, 3.8) is 0 Å². The number of para-hydroxylation sites is 1. The first kappa shape index (κ1) is 32.9. The van der Waals surface area contributed by atoms with Crippen molar-refractivity contribution in [2.75, 3.05) is 5.32 Å². The van der Waals surface area contributed by atoms with Crippen molar-refractivity contribution in [1.82, 2.24) is 14.5 Å². The van der Waals surface area contributed by atoms with E-state index >= 15 is 0 Å². The van der Waals surface area contributed by atoms with Crippen molar-refractivity contribution in [2.24, 2.45) is 0 Å². The average molecular weight is 759 g/mol. The fourth-order valence-corrected chi connectivity index (χ4v) is 10.1. The summed E-state index contributed by atoms with van der Waals surface area (Å²) in [7, 11) is 0. The molecule has 0 saturated heterocycles. The second-order valence-electron chi connectivity index (χ2n) is 15.0. The van der Waals surface area contributed by atoms with Crippen molar-refractivity contribution in [3.05, 3.63) is 194 Å². The average Bonchev–Trinajstić information content (AvgIpc) is 4.03. The molecular formula is C53H34N4S. The highest BCUT2D eigenvalue weighted by Crippen LogP contribution is 2.47. The minimum absolute atomic E-state index is 0.644. The van der Waals surface area contributed by atoms with Crippen LogP contribution in [0.2, 0.25) is 0 Å². The number of anilines is 2. The smallest absolute Gasteiger partial charge is 0.235 e. The molecule has 0 atom stereocenters. The van der Waals surface area contributed by atoms with Gasteiger partial charge in [-0.3, -0.25) is 4.57 Å². The maximum atomic E-state index is 5.47. The Bertz CT molecular complexity index is 3500. The van der Waals surface area contributed by atoms with Gasteiger partial charge in [-0.15, -0.1) is 11.3 Å². The van der Waals surface area contributed by atoms with Crippen LogP contribution in [-0.2, 0) is 0 Å². The molecule has 0 aliphatic heterocycles. The highest BCUT2D eigenvalue weighted by Gasteiger charge is 2.23. The SMILES string of the molecule is C1=CCC(c2cc3c4c5c(ccc6sc7ccccc7c65)ccc4n(-c4nc(-c5ccccc5)c5ccccc5n4)c3cc2Nc2cccc(-c3ccccc3)c2)=C1. The van der Waals surface area contributed by atoms with Crippen LogP contribution in [0.5, 0.6) is 0 Å². The summed E-state index contributed by atoms with van der Waals surface area (Å²) < 4.78 is 4.88. The van der Waals surface area contributed by atoms with Gasteiger partial charge in [0.05, 0.1) is 22.2 Å². The highest BCUT2D eigenvalue weighted by molar-refractivity contribution is 7.26. The maximum absolute atomic E-state index is 5.47. The second kappa shape index (κ2) is 13.1. The molecule has 0 fully saturated rings. The molecule has 0 unspecified atom stereocenters. The van der Waals surface area contributed by atoms with Crippen LogP contribution < -0.4 is 5.32 Å². The number of allylic oxidation sites excluding steroid dienone is 4. The van der Waals surface area contributed by atoms with Gasteiger partial charge in [-0.2, -0.15) is 0 Å². The monoisotopic (exact) mass is 758 g/mol. The van der Waals surface area contributed by atoms with Crippen LogP contribution in [0, 0.1) is 0 Å². The van der Waals surface area contributed by atoms with E-state index in [1.54, 1.807) is 0 Å². The number of hydrogen-bond donors (Lipinski definition) is 1. The molecule has 58 heavy (non-hydrogen) atoms. The quantitative estimate of drug-likeness (QED) is 0.184. The molecule has 272 valence electrons. The Morgan fingerprint density at radius 3 is 2.14 bits per heavy atom. The van der Waals surface area contributed by atoms with Crippen LogP contribution in [0.25, 0.3) is 97.6 Å². The van der Waals surface area contributed by atoms with Crippen LogP contribution in [0.4, 0.5) is 11.4 Å². The lowest BCUT2D eigenvalue weighted by Crippen LogP contribution is -2.04. The Kier molecular flexibility index (Phi) is 7.43. The third-order valence-electron chi connectivity index (χ3n) is 11.6. The van der Waals surface area contributed by atoms with Crippen molar-refractivity contribution >= 4 is 91.9 Å². The first-order valence-electron chi connectivity index (χ1n) is 19.7. The van der Waals surface area contributed by atoms with E-state index in [0.29, 0.717) is 5.95 Å². The van der Waals surface area contributed by atoms with Crippen molar-refractivity contribution in [3.8, 4) is 28.3 Å². The minimum atomic E-state index is 0.644. The molecule has 1 aliphatic rings. The molecule has 4 nitrogen and oxygen atoms in total. The van der Waals surface area contributed by atoms with Crippen LogP contribution in [0.3, 0.4) is 0 Å². The summed E-state index contributed by atoms with van der Waals surface area (Å²) in [4.78, 5) is 10.8. The molecular weight excluding hydrogens is 725 g/mol. The Labute approximate surface area is 338 Å². The molecule has 3 heterocycles. The number of hydrogen-bond acceptors (Lipinski definition) is 4. The standard InChI is InChI=1S/C53H34N4S/c1-3-14-33(15-4-1)37-20-13-21-38(30-37)54-44-32-46-42(31-41(44)34-16-7-8-17-34)50-45(28-26-35-27-29-48-51(49(35)50)40-23-10-12-25-47(40)58-48)57(46)53-55-43-24-11-9-22-39(43)52(56-53)36-18-5-2-6-19-36/h1-16,18-32,54H,17H2. The predicted molar refractivity (Wildman–Crippen MR) is 247 cm³/mol. The van der Waals surface area contributed by atoms with E-state index in [4.69, 9.17) is 9.97 Å². The van der Waals surface area contributed by atoms with Gasteiger partial charge in [0.2, 0.25) is 5.95 Å². The Morgan fingerprint density at radius 2 is 1.29 bits per heavy atom. The maximum Gasteiger partial charge on any atom is 0.235 e. The van der Waals surface area contributed by atoms with E-state index in [9.17, 15) is 0 Å². The molecule has 11 aromatic rings. The van der Waals surface area contributed by atoms with E-state index in [2.05, 4.69) is 198 Å². The van der Waals surface area contributed by atoms with Crippen molar-refractivity contribution in [1.29, 1.82) is 0 Å². The summed E-state index contributed by atoms with van der Waals surface area (Å²) in [5, 5.41) is 12.4. The Balaban J connectivity index is 1.20. The first-order valence-corrected chi connectivity index (χ1v) is 20.5. The number of benzene rings is 8. The lowest BCUT2D eigenvalue weighted by Gasteiger charge is -2.16. The highest BCUT2D eigenvalue weighted by atomic mass is 32.1. The molecule has 8 aromatic carbocycles. The van der Waals surface area contributed by atoms with Gasteiger partial charge in [0, 0.05) is 64.2 Å². The van der Waals surface area contributed by atoms with Crippen LogP contribution in [-0.4, -0.2) is 14.5 Å². The third kappa shape index (κ3) is 5.21. The number of nitrogens with zero attached hydrogens (tertiary/aromatic N) is 3. The van der Waals surface area contributed by atoms with Crippen LogP contribution in [0.1, 0.15) is 12.0 Å². The molecule has 1 aliphatic carbocycles. The summed E-state index contributed by atoms with van der Waals surface area (Å²) in [5.41, 5.74) is 11.9. The van der Waals surface area contributed by atoms with Gasteiger partial charge in [0.1, 0.15) is 0 Å². The number of nitrogens with one attached hydrogen (secondary N) is 1. The van der Waals surface area contributed by atoms with Crippen LogP contribution in [0.15, 0.2) is 188 Å². The summed E-state index contributed by atoms with van der Waals surface area (Å²) in [6.45, 7) is 0. The lowest BCUT2D eigenvalue weighted by molar-refractivity contribution is 1.01. The number of aromatic nitrogens is 3. The van der Waals surface area contributed by atoms with Gasteiger partial charge in [0.15, 0.2) is 0 Å². The topological polar surface area (TPSA) is 42.7 Å². The van der Waals surface area contributed by atoms with Gasteiger partial charge < -0.3 is 5.32 Å². The van der Waals surface area contributed by atoms with Gasteiger partial charge in [-0.05, 0) is 77.0 Å². The largest absolute Gasteiger partial charge is 0.355 e. The van der Waals surface area contributed by atoms with E-state index < -0.39 is 0 Å². The third-order valence-corrected chi connectivity index (χ3v) is 12.7. The first-order chi connectivity index (χ1) is 28.7. The zero-order chi connectivity index (χ0) is 38.2. The number of rotatable bonds is 6. The predicted octanol–water partition coefficient (Wildman–Crippen LogP) is 14.7. The zero-order valence-corrected chi connectivity index (χ0v) is 32.2. The lowest BCUT2D eigenvalue weighted by atomic mass is 9.96. The van der Waals surface area contributed by atoms with Crippen LogP contribution >= 0.6 is 11.3 Å². The van der Waals surface area contributed by atoms with E-state index in [-0.39, 0.29) is 0 Å². The van der Waals surface area contributed by atoms with Crippen molar-refractivity contribution in [2.45, 2.75) is 6.42 Å². The molecule has 0 radical (unpaired) electrons. The van der Waals surface area contributed by atoms with E-state index in [1.165, 1.54) is 64.0 Å². The molecule has 12 rings (SSSR count). The zero-order valence-electron chi connectivity index (χ0n) is 31.4. The van der Waals surface area contributed by atoms with Gasteiger partial charge in [-0.25, -0.2) is 9.97 Å². The minimum Gasteiger partial charge on any atom is -0.355 e. The second-order valence-corrected chi connectivity index (χ2v) is 16.1. The molecule has 0 amide bonds. The number of thiophene rings is 1. The Hall–Kier alpha value is -7.34. The van der Waals surface area contributed by atoms with Crippen molar-refractivity contribution < 1.29 is 0 Å². The van der Waals surface area contributed by atoms with Gasteiger partial charge in [-0.1, -0.05) is 140 Å². The molecule has 0 bridgehead atoms. The van der Waals surface area contributed by atoms with Gasteiger partial charge in [0.25, 0.3) is 0 Å². The summed E-state index contributed by atoms with van der Waals surface area (Å²) in [6, 6.07) is 60.8. The summed E-state index contributed by atoms with van der Waals surface area (Å²) in [5.74, 6) is 0.644. The molecule has 0 spiro atoms. The summed E-state index contributed by atoms with van der Waals surface area (Å²) >= 11 is 1.86. The molecule has 3 aromatic heterocycles. The number of fused-ring (bicyclic) bond motifs is 10. The Morgan fingerprint density at radius 1 is 0.534 bits per heavy atom. The molecule has 5 heteroatoms. The van der Waals surface area contributed by atoms with E-state index in [1.807, 2.05) is 11.3 Å². The molecule has 1 N–H and O–H groups in total. The normalized spacial score (nSPS) is 12.8. The van der Waals surface area contributed by atoms with Gasteiger partial charge >= 0.3 is 0 Å². The fourth-order valence-electron chi connectivity index (χ4n) is 8.96.